The van der Waals surface area contributed by atoms with Gasteiger partial charge in [0.2, 0.25) is 5.91 Å². The summed E-state index contributed by atoms with van der Waals surface area (Å²) in [7, 11) is 0. The van der Waals surface area contributed by atoms with Crippen molar-refractivity contribution >= 4 is 28.6 Å². The molecule has 0 saturated carbocycles. The summed E-state index contributed by atoms with van der Waals surface area (Å²) in [5.74, 6) is -0.528. The summed E-state index contributed by atoms with van der Waals surface area (Å²) in [6.07, 6.45) is 2.94. The zero-order chi connectivity index (χ0) is 31.9. The normalized spacial score (nSPS) is 17.4. The summed E-state index contributed by atoms with van der Waals surface area (Å²) < 4.78 is 31.7. The van der Waals surface area contributed by atoms with E-state index in [2.05, 4.69) is 15.9 Å². The van der Waals surface area contributed by atoms with Crippen molar-refractivity contribution in [2.45, 2.75) is 32.8 Å². The van der Waals surface area contributed by atoms with Crippen LogP contribution in [0.4, 0.5) is 14.5 Å². The maximum absolute atomic E-state index is 16.3. The van der Waals surface area contributed by atoms with Crippen molar-refractivity contribution in [3.8, 4) is 33.1 Å². The second-order valence-electron chi connectivity index (χ2n) is 12.1. The van der Waals surface area contributed by atoms with Crippen molar-refractivity contribution in [2.24, 2.45) is 0 Å². The molecule has 1 atom stereocenters. The Morgan fingerprint density at radius 3 is 2.46 bits per heavy atom. The van der Waals surface area contributed by atoms with Crippen molar-refractivity contribution < 1.29 is 18.7 Å². The Morgan fingerprint density at radius 1 is 0.978 bits per heavy atom. The van der Waals surface area contributed by atoms with Crippen molar-refractivity contribution in [1.29, 1.82) is 0 Å². The number of anilines is 1. The fourth-order valence-electron chi connectivity index (χ4n) is 6.48. The topological polar surface area (TPSA) is 77.2 Å². The number of β-amino-alcohol motifs (C(OH)–C–C–N with tert-alkyl or cyclic N) is 1. The zero-order valence-corrected chi connectivity index (χ0v) is 26.7. The summed E-state index contributed by atoms with van der Waals surface area (Å²) in [5, 5.41) is 12.4. The Balaban J connectivity index is 1.13. The monoisotopic (exact) mass is 642 g/mol. The number of nitrogens with zero attached hydrogens (tertiary/aromatic N) is 6. The van der Waals surface area contributed by atoms with Crippen LogP contribution in [0.1, 0.15) is 24.6 Å². The molecule has 2 aliphatic heterocycles. The third kappa shape index (κ3) is 5.78. The maximum Gasteiger partial charge on any atom is 0.236 e. The van der Waals surface area contributed by atoms with E-state index in [1.807, 2.05) is 41.1 Å². The van der Waals surface area contributed by atoms with Gasteiger partial charge in [-0.25, -0.2) is 18.7 Å². The fraction of sp³-hybridized carbons (Fsp3) is 0.343. The molecule has 46 heavy (non-hydrogen) atoms. The van der Waals surface area contributed by atoms with Crippen LogP contribution in [-0.2, 0) is 11.2 Å². The van der Waals surface area contributed by atoms with Crippen LogP contribution < -0.4 is 4.90 Å². The van der Waals surface area contributed by atoms with E-state index in [0.29, 0.717) is 48.6 Å². The van der Waals surface area contributed by atoms with Crippen LogP contribution in [-0.4, -0.2) is 87.1 Å². The molecule has 2 saturated heterocycles. The number of likely N-dealkylation sites (tertiary alicyclic amines) is 1. The number of aliphatic hydroxyl groups is 1. The van der Waals surface area contributed by atoms with Gasteiger partial charge in [-0.05, 0) is 67.8 Å². The number of benzene rings is 2. The highest BCUT2D eigenvalue weighted by Crippen LogP contribution is 2.37. The molecule has 0 unspecified atom stereocenters. The van der Waals surface area contributed by atoms with E-state index >= 15 is 4.39 Å². The molecule has 2 aromatic carbocycles. The van der Waals surface area contributed by atoms with Gasteiger partial charge in [0, 0.05) is 67.5 Å². The molecule has 0 radical (unpaired) electrons. The highest BCUT2D eigenvalue weighted by Gasteiger charge is 2.28. The highest BCUT2D eigenvalue weighted by molar-refractivity contribution is 7.13. The van der Waals surface area contributed by atoms with Gasteiger partial charge in [0.1, 0.15) is 22.3 Å². The lowest BCUT2D eigenvalue weighted by atomic mass is 10.0. The molecule has 1 amide bonds. The maximum atomic E-state index is 16.3. The molecule has 0 bridgehead atoms. The van der Waals surface area contributed by atoms with Crippen molar-refractivity contribution in [3.63, 3.8) is 0 Å². The summed E-state index contributed by atoms with van der Waals surface area (Å²) in [5.41, 5.74) is 6.62. The Morgan fingerprint density at radius 2 is 1.74 bits per heavy atom. The second kappa shape index (κ2) is 12.5. The number of hydrogen-bond acceptors (Lipinski definition) is 7. The molecule has 1 N–H and O–H groups in total. The quantitative estimate of drug-likeness (QED) is 0.247. The lowest BCUT2D eigenvalue weighted by Gasteiger charge is -2.36. The Labute approximate surface area is 270 Å². The van der Waals surface area contributed by atoms with Crippen molar-refractivity contribution in [2.75, 3.05) is 50.7 Å². The summed E-state index contributed by atoms with van der Waals surface area (Å²) in [4.78, 5) is 28.5. The fourth-order valence-corrected chi connectivity index (χ4v) is 7.39. The summed E-state index contributed by atoms with van der Waals surface area (Å²) >= 11 is 1.44. The predicted molar refractivity (Wildman–Crippen MR) is 177 cm³/mol. The molecular formula is C35H36F2N6O2S. The minimum Gasteiger partial charge on any atom is -0.391 e. The van der Waals surface area contributed by atoms with E-state index in [0.717, 1.165) is 65.7 Å². The lowest BCUT2D eigenvalue weighted by molar-refractivity contribution is -0.131. The number of piperazine rings is 1. The summed E-state index contributed by atoms with van der Waals surface area (Å²) in [6.45, 7) is 8.28. The molecule has 2 aliphatic rings. The van der Waals surface area contributed by atoms with Gasteiger partial charge < -0.3 is 14.9 Å². The van der Waals surface area contributed by atoms with Crippen molar-refractivity contribution in [3.05, 3.63) is 83.0 Å². The third-order valence-corrected chi connectivity index (χ3v) is 10.0. The molecular weight excluding hydrogens is 606 g/mol. The van der Waals surface area contributed by atoms with E-state index in [1.54, 1.807) is 24.0 Å². The second-order valence-corrected chi connectivity index (χ2v) is 12.9. The molecule has 5 heterocycles. The molecule has 238 valence electrons. The predicted octanol–water partition coefficient (Wildman–Crippen LogP) is 5.66. The van der Waals surface area contributed by atoms with Gasteiger partial charge in [-0.15, -0.1) is 11.3 Å². The van der Waals surface area contributed by atoms with Gasteiger partial charge >= 0.3 is 0 Å². The molecule has 7 rings (SSSR count). The van der Waals surface area contributed by atoms with Gasteiger partial charge in [-0.1, -0.05) is 13.0 Å². The first-order valence-corrected chi connectivity index (χ1v) is 16.6. The molecule has 0 aliphatic carbocycles. The molecule has 2 fully saturated rings. The first-order chi connectivity index (χ1) is 22.3. The number of thiazole rings is 1. The number of hydrogen-bond donors (Lipinski definition) is 1. The lowest BCUT2D eigenvalue weighted by Crippen LogP contribution is -2.50. The minimum absolute atomic E-state index is 0.0769. The van der Waals surface area contributed by atoms with E-state index in [1.165, 1.54) is 23.5 Å². The SMILES string of the molecule is CCc1nc2ccc(N3CCN(CC(=O)N4CC[C@@H](O)C4)CC3)cn2c1-c1ccc(-c2nc(-c3ccc(F)cc3)cs2)c(C)c1F. The molecule has 11 heteroatoms. The summed E-state index contributed by atoms with van der Waals surface area (Å²) in [6, 6.07) is 14.0. The molecule has 3 aromatic heterocycles. The standard InChI is InChI=1S/C35H36F2N6O2S/c1-3-29-34(28-10-9-27(22(2)33(28)37)35-39-30(21-46-35)23-4-6-24(36)7-5-23)43-18-25(8-11-31(43)38-29)41-16-14-40(15-17-41)20-32(45)42-13-12-26(44)19-42/h4-11,18,21,26,44H,3,12-17,19-20H2,1-2H3/t26-/m1/s1. The van der Waals surface area contributed by atoms with Crippen LogP contribution in [0, 0.1) is 18.6 Å². The Hall–Kier alpha value is -4.19. The van der Waals surface area contributed by atoms with Crippen LogP contribution >= 0.6 is 11.3 Å². The van der Waals surface area contributed by atoms with E-state index in [-0.39, 0.29) is 17.5 Å². The molecule has 8 nitrogen and oxygen atoms in total. The van der Waals surface area contributed by atoms with Gasteiger partial charge in [0.05, 0.1) is 35.4 Å². The number of rotatable bonds is 7. The van der Waals surface area contributed by atoms with Gasteiger partial charge in [0.25, 0.3) is 0 Å². The van der Waals surface area contributed by atoms with Crippen LogP contribution in [0.3, 0.4) is 0 Å². The number of carbonyl (C=O) groups excluding carboxylic acids is 1. The number of imidazole rings is 1. The van der Waals surface area contributed by atoms with Crippen LogP contribution in [0.15, 0.2) is 60.1 Å². The van der Waals surface area contributed by atoms with Gasteiger partial charge in [0.15, 0.2) is 0 Å². The van der Waals surface area contributed by atoms with Gasteiger partial charge in [-0.2, -0.15) is 0 Å². The third-order valence-electron chi connectivity index (χ3n) is 9.14. The smallest absolute Gasteiger partial charge is 0.236 e. The van der Waals surface area contributed by atoms with Crippen LogP contribution in [0.5, 0.6) is 0 Å². The largest absolute Gasteiger partial charge is 0.391 e. The number of aliphatic hydroxyl groups excluding tert-OH is 1. The van der Waals surface area contributed by atoms with E-state index < -0.39 is 6.10 Å². The first kappa shape index (κ1) is 30.5. The first-order valence-electron chi connectivity index (χ1n) is 15.7. The molecule has 5 aromatic rings. The minimum atomic E-state index is -0.410. The number of fused-ring (bicyclic) bond motifs is 1. The van der Waals surface area contributed by atoms with Gasteiger partial charge in [-0.3, -0.25) is 14.1 Å². The number of aryl methyl sites for hydroxylation is 1. The van der Waals surface area contributed by atoms with Crippen molar-refractivity contribution in [1.82, 2.24) is 24.2 Å². The van der Waals surface area contributed by atoms with E-state index in [4.69, 9.17) is 9.97 Å². The van der Waals surface area contributed by atoms with Crippen LogP contribution in [0.2, 0.25) is 0 Å². The number of pyridine rings is 1. The Kier molecular flexibility index (Phi) is 8.31. The van der Waals surface area contributed by atoms with E-state index in [9.17, 15) is 14.3 Å². The highest BCUT2D eigenvalue weighted by atomic mass is 32.1. The number of carbonyl (C=O) groups is 1. The number of amides is 1. The van der Waals surface area contributed by atoms with Crippen LogP contribution in [0.25, 0.3) is 38.7 Å². The average molecular weight is 643 g/mol. The molecule has 0 spiro atoms. The number of halogens is 2. The Bertz CT molecular complexity index is 1900. The number of aromatic nitrogens is 3. The average Bonchev–Trinajstić information content (AvgIpc) is 3.81. The zero-order valence-electron chi connectivity index (χ0n) is 25.9.